The van der Waals surface area contributed by atoms with E-state index in [2.05, 4.69) is 0 Å². The molecule has 3 rings (SSSR count). The smallest absolute Gasteiger partial charge is 0.481 e. The van der Waals surface area contributed by atoms with Gasteiger partial charge in [-0.15, -0.1) is 0 Å². The van der Waals surface area contributed by atoms with Crippen molar-refractivity contribution in [1.82, 2.24) is 4.48 Å². The van der Waals surface area contributed by atoms with Crippen LogP contribution < -0.4 is 4.48 Å². The number of nitro groups is 1. The number of rotatable bonds is 6. The number of non-ortho nitro benzene ring substituents is 1. The third-order valence-electron chi connectivity index (χ3n) is 6.65. The minimum absolute atomic E-state index is 0.116. The molecule has 0 spiro atoms. The summed E-state index contributed by atoms with van der Waals surface area (Å²) in [4.78, 5) is 35.5. The van der Waals surface area contributed by atoms with Crippen LogP contribution in [-0.2, 0) is 11.2 Å². The third-order valence-corrected chi connectivity index (χ3v) is 6.65. The number of carboxylic acid groups (broad SMARTS) is 2. The standard InChI is InChI=1S/C23H26N2O6/c1-3-16-5-7-17(8-6-16)18-13-23(4-2,21(26)27)15-25(14-18,22(28)29)20-11-9-19(10-12-20)24(30)31/h5-12,18H,3-4,13-15H2,1-2H3,(H-,26,27,28,29)/p+1. The second-order valence-electron chi connectivity index (χ2n) is 8.30. The summed E-state index contributed by atoms with van der Waals surface area (Å²) in [5.74, 6) is -1.31. The highest BCUT2D eigenvalue weighted by Crippen LogP contribution is 2.46. The lowest BCUT2D eigenvalue weighted by Crippen LogP contribution is -2.65. The van der Waals surface area contributed by atoms with Gasteiger partial charge in [0.05, 0.1) is 4.92 Å². The van der Waals surface area contributed by atoms with Gasteiger partial charge in [-0.1, -0.05) is 38.1 Å². The number of quaternary nitrogens is 1. The second-order valence-corrected chi connectivity index (χ2v) is 8.30. The molecule has 1 aliphatic heterocycles. The lowest BCUT2D eigenvalue weighted by Gasteiger charge is -2.47. The van der Waals surface area contributed by atoms with E-state index in [0.29, 0.717) is 12.1 Å². The number of hydrogen-bond donors (Lipinski definition) is 2. The lowest BCUT2D eigenvalue weighted by molar-refractivity contribution is -0.384. The van der Waals surface area contributed by atoms with Crippen LogP contribution in [0.25, 0.3) is 0 Å². The molecule has 8 nitrogen and oxygen atoms in total. The molecule has 1 aliphatic rings. The van der Waals surface area contributed by atoms with Gasteiger partial charge in [0.2, 0.25) is 0 Å². The summed E-state index contributed by atoms with van der Waals surface area (Å²) in [5, 5.41) is 31.5. The van der Waals surface area contributed by atoms with E-state index in [4.69, 9.17) is 0 Å². The van der Waals surface area contributed by atoms with Crippen LogP contribution in [0.3, 0.4) is 0 Å². The molecule has 3 atom stereocenters. The Morgan fingerprint density at radius 1 is 1.10 bits per heavy atom. The quantitative estimate of drug-likeness (QED) is 0.388. The van der Waals surface area contributed by atoms with Crippen LogP contribution in [0.15, 0.2) is 48.5 Å². The van der Waals surface area contributed by atoms with Gasteiger partial charge in [-0.2, -0.15) is 9.28 Å². The van der Waals surface area contributed by atoms with Crippen molar-refractivity contribution in [2.45, 2.75) is 39.0 Å². The van der Waals surface area contributed by atoms with Crippen LogP contribution in [0.5, 0.6) is 0 Å². The fraction of sp³-hybridized carbons (Fsp3) is 0.391. The Morgan fingerprint density at radius 3 is 2.16 bits per heavy atom. The molecule has 1 saturated heterocycles. The number of likely N-dealkylation sites (tertiary alicyclic amines) is 1. The maximum atomic E-state index is 12.6. The van der Waals surface area contributed by atoms with Gasteiger partial charge in [0, 0.05) is 30.2 Å². The number of nitrogens with zero attached hydrogens (tertiary/aromatic N) is 2. The molecular weight excluding hydrogens is 400 g/mol. The molecule has 1 fully saturated rings. The first kappa shape index (κ1) is 22.4. The summed E-state index contributed by atoms with van der Waals surface area (Å²) in [7, 11) is 0. The Balaban J connectivity index is 2.14. The van der Waals surface area contributed by atoms with E-state index in [0.717, 1.165) is 17.5 Å². The molecule has 0 aromatic heterocycles. The van der Waals surface area contributed by atoms with E-state index < -0.39 is 26.9 Å². The van der Waals surface area contributed by atoms with E-state index in [1.165, 1.54) is 24.3 Å². The summed E-state index contributed by atoms with van der Waals surface area (Å²) < 4.78 is -0.585. The number of benzene rings is 2. The number of carbonyl (C=O) groups is 2. The van der Waals surface area contributed by atoms with E-state index in [1.54, 1.807) is 6.92 Å². The summed E-state index contributed by atoms with van der Waals surface area (Å²) >= 11 is 0. The van der Waals surface area contributed by atoms with Gasteiger partial charge in [-0.3, -0.25) is 14.9 Å². The van der Waals surface area contributed by atoms with E-state index >= 15 is 0 Å². The number of amides is 1. The normalized spacial score (nSPS) is 25.7. The molecule has 8 heteroatoms. The van der Waals surface area contributed by atoms with Crippen molar-refractivity contribution in [3.05, 3.63) is 69.8 Å². The van der Waals surface area contributed by atoms with E-state index in [1.807, 2.05) is 31.2 Å². The van der Waals surface area contributed by atoms with E-state index in [-0.39, 0.29) is 31.1 Å². The van der Waals surface area contributed by atoms with Crippen LogP contribution >= 0.6 is 0 Å². The zero-order valence-electron chi connectivity index (χ0n) is 17.7. The average molecular weight is 427 g/mol. The van der Waals surface area contributed by atoms with Crippen molar-refractivity contribution < 1.29 is 24.7 Å². The molecule has 164 valence electrons. The van der Waals surface area contributed by atoms with Crippen molar-refractivity contribution in [1.29, 1.82) is 0 Å². The van der Waals surface area contributed by atoms with Crippen LogP contribution in [-0.4, -0.2) is 40.3 Å². The summed E-state index contributed by atoms with van der Waals surface area (Å²) in [6.45, 7) is 3.87. The molecule has 0 bridgehead atoms. The maximum absolute atomic E-state index is 12.6. The second kappa shape index (κ2) is 8.47. The van der Waals surface area contributed by atoms with Gasteiger partial charge in [0.1, 0.15) is 24.2 Å². The molecule has 0 aliphatic carbocycles. The summed E-state index contributed by atoms with van der Waals surface area (Å²) in [5.41, 5.74) is 1.02. The Labute approximate surface area is 180 Å². The van der Waals surface area contributed by atoms with Crippen LogP contribution in [0.4, 0.5) is 16.2 Å². The first-order valence-corrected chi connectivity index (χ1v) is 10.4. The minimum atomic E-state index is -1.23. The monoisotopic (exact) mass is 427 g/mol. The average Bonchev–Trinajstić information content (AvgIpc) is 2.78. The first-order valence-electron chi connectivity index (χ1n) is 10.4. The van der Waals surface area contributed by atoms with Gasteiger partial charge < -0.3 is 10.2 Å². The number of carboxylic acids is 1. The SMILES string of the molecule is CCc1ccc(C2CC(CC)(C(=O)O)C[N+](C(=O)O)(c3ccc([N+](=O)[O-])cc3)C2)cc1. The van der Waals surface area contributed by atoms with Crippen molar-refractivity contribution in [3.63, 3.8) is 0 Å². The highest BCUT2D eigenvalue weighted by atomic mass is 16.6. The molecule has 0 saturated carbocycles. The molecule has 2 aromatic rings. The Hall–Kier alpha value is -3.26. The molecule has 1 amide bonds. The number of hydrogen-bond acceptors (Lipinski definition) is 4. The van der Waals surface area contributed by atoms with Crippen molar-refractivity contribution >= 4 is 23.4 Å². The molecule has 3 unspecified atom stereocenters. The van der Waals surface area contributed by atoms with Gasteiger partial charge in [0.25, 0.3) is 5.69 Å². The van der Waals surface area contributed by atoms with Gasteiger partial charge in [-0.05, 0) is 30.4 Å². The highest BCUT2D eigenvalue weighted by molar-refractivity contribution is 5.84. The number of aliphatic carboxylic acids is 1. The fourth-order valence-corrected chi connectivity index (χ4v) is 4.68. The lowest BCUT2D eigenvalue weighted by atomic mass is 9.70. The molecule has 1 heterocycles. The maximum Gasteiger partial charge on any atom is 0.518 e. The molecule has 31 heavy (non-hydrogen) atoms. The third kappa shape index (κ3) is 4.03. The number of nitro benzene ring substituents is 1. The zero-order chi connectivity index (χ0) is 22.8. The molecule has 0 radical (unpaired) electrons. The molecule has 2 N–H and O–H groups in total. The molecule has 2 aromatic carbocycles. The Bertz CT molecular complexity index is 988. The number of aryl methyl sites for hydroxylation is 1. The zero-order valence-corrected chi connectivity index (χ0v) is 17.7. The predicted octanol–water partition coefficient (Wildman–Crippen LogP) is 4.81. The van der Waals surface area contributed by atoms with Crippen LogP contribution in [0.1, 0.15) is 43.7 Å². The summed E-state index contributed by atoms with van der Waals surface area (Å²) in [6, 6.07) is 13.3. The Kier molecular flexibility index (Phi) is 6.13. The van der Waals surface area contributed by atoms with Crippen LogP contribution in [0.2, 0.25) is 0 Å². The topological polar surface area (TPSA) is 118 Å². The van der Waals surface area contributed by atoms with Crippen molar-refractivity contribution in [3.8, 4) is 0 Å². The van der Waals surface area contributed by atoms with Gasteiger partial charge >= 0.3 is 12.1 Å². The van der Waals surface area contributed by atoms with Gasteiger partial charge in [-0.25, -0.2) is 0 Å². The summed E-state index contributed by atoms with van der Waals surface area (Å²) in [6.07, 6.45) is 0.330. The molecular formula is C23H27N2O6+. The fourth-order valence-electron chi connectivity index (χ4n) is 4.68. The minimum Gasteiger partial charge on any atom is -0.481 e. The number of piperidine rings is 1. The van der Waals surface area contributed by atoms with Gasteiger partial charge in [0.15, 0.2) is 0 Å². The largest absolute Gasteiger partial charge is 0.518 e. The van der Waals surface area contributed by atoms with Crippen LogP contribution in [0, 0.1) is 15.5 Å². The highest BCUT2D eigenvalue weighted by Gasteiger charge is 2.57. The predicted molar refractivity (Wildman–Crippen MR) is 116 cm³/mol. The van der Waals surface area contributed by atoms with E-state index in [9.17, 15) is 29.9 Å². The Morgan fingerprint density at radius 2 is 1.71 bits per heavy atom. The van der Waals surface area contributed by atoms with Crippen molar-refractivity contribution in [2.75, 3.05) is 13.1 Å². The first-order chi connectivity index (χ1) is 14.7. The van der Waals surface area contributed by atoms with Crippen molar-refractivity contribution in [2.24, 2.45) is 5.41 Å².